The highest BCUT2D eigenvalue weighted by molar-refractivity contribution is 5.79. The summed E-state index contributed by atoms with van der Waals surface area (Å²) >= 11 is 0. The quantitative estimate of drug-likeness (QED) is 0.504. The minimum Gasteiger partial charge on any atom is -0.394 e. The molecule has 1 aromatic carbocycles. The number of benzene rings is 1. The Morgan fingerprint density at radius 1 is 1.24 bits per heavy atom. The molecule has 0 saturated heterocycles. The van der Waals surface area contributed by atoms with Gasteiger partial charge in [-0.3, -0.25) is 4.99 Å². The summed E-state index contributed by atoms with van der Waals surface area (Å²) in [5, 5.41) is 15.1. The molecule has 0 fully saturated rings. The first-order valence-electron chi connectivity index (χ1n) is 6.03. The van der Waals surface area contributed by atoms with E-state index in [0.717, 1.165) is 25.5 Å². The lowest BCUT2D eigenvalue weighted by Crippen LogP contribution is -2.38. The smallest absolute Gasteiger partial charge is 0.191 e. The summed E-state index contributed by atoms with van der Waals surface area (Å²) in [5.74, 6) is 0.762. The van der Waals surface area contributed by atoms with Gasteiger partial charge < -0.3 is 15.7 Å². The average molecular weight is 235 g/mol. The van der Waals surface area contributed by atoms with Crippen molar-refractivity contribution in [2.75, 3.05) is 26.2 Å². The minimum absolute atomic E-state index is 0.0786. The highest BCUT2D eigenvalue weighted by Gasteiger charge is 1.96. The Hall–Kier alpha value is -1.55. The number of aliphatic hydroxyl groups is 1. The molecule has 0 aromatic heterocycles. The Morgan fingerprint density at radius 2 is 2.00 bits per heavy atom. The first kappa shape index (κ1) is 13.5. The van der Waals surface area contributed by atoms with Crippen molar-refractivity contribution in [3.05, 3.63) is 35.9 Å². The molecule has 0 bridgehead atoms. The Balaban J connectivity index is 2.32. The van der Waals surface area contributed by atoms with Gasteiger partial charge in [0.05, 0.1) is 13.2 Å². The highest BCUT2D eigenvalue weighted by atomic mass is 16.3. The fourth-order valence-electron chi connectivity index (χ4n) is 1.47. The van der Waals surface area contributed by atoms with Crippen molar-refractivity contribution in [3.63, 3.8) is 0 Å². The second-order valence-corrected chi connectivity index (χ2v) is 3.65. The van der Waals surface area contributed by atoms with E-state index in [1.54, 1.807) is 0 Å². The maximum absolute atomic E-state index is 8.72. The number of nitrogens with one attached hydrogen (secondary N) is 2. The summed E-state index contributed by atoms with van der Waals surface area (Å²) in [4.78, 5) is 4.21. The van der Waals surface area contributed by atoms with Gasteiger partial charge in [0, 0.05) is 13.1 Å². The lowest BCUT2D eigenvalue weighted by atomic mass is 10.1. The predicted octanol–water partition coefficient (Wildman–Crippen LogP) is 0.776. The van der Waals surface area contributed by atoms with Crippen LogP contribution < -0.4 is 10.6 Å². The number of hydrogen-bond acceptors (Lipinski definition) is 2. The molecule has 4 heteroatoms. The van der Waals surface area contributed by atoms with Crippen molar-refractivity contribution >= 4 is 5.96 Å². The van der Waals surface area contributed by atoms with Crippen LogP contribution in [0.15, 0.2) is 35.3 Å². The molecule has 0 aliphatic rings. The molecule has 0 heterocycles. The number of guanidine groups is 1. The summed E-state index contributed by atoms with van der Waals surface area (Å²) in [6, 6.07) is 10.3. The van der Waals surface area contributed by atoms with E-state index >= 15 is 0 Å². The lowest BCUT2D eigenvalue weighted by molar-refractivity contribution is 0.306. The molecule has 4 nitrogen and oxygen atoms in total. The maximum Gasteiger partial charge on any atom is 0.191 e. The van der Waals surface area contributed by atoms with E-state index < -0.39 is 0 Å². The molecule has 94 valence electrons. The summed E-state index contributed by atoms with van der Waals surface area (Å²) < 4.78 is 0. The zero-order chi connectivity index (χ0) is 12.3. The third kappa shape index (κ3) is 5.92. The molecule has 0 radical (unpaired) electrons. The van der Waals surface area contributed by atoms with Crippen LogP contribution in [0.4, 0.5) is 0 Å². The second kappa shape index (κ2) is 8.58. The molecule has 0 spiro atoms. The molecule has 1 rings (SSSR count). The van der Waals surface area contributed by atoms with Crippen molar-refractivity contribution in [2.45, 2.75) is 13.3 Å². The number of hydrogen-bond donors (Lipinski definition) is 3. The van der Waals surface area contributed by atoms with Gasteiger partial charge in [-0.15, -0.1) is 0 Å². The second-order valence-electron chi connectivity index (χ2n) is 3.65. The van der Waals surface area contributed by atoms with E-state index in [2.05, 4.69) is 27.8 Å². The highest BCUT2D eigenvalue weighted by Crippen LogP contribution is 1.97. The minimum atomic E-state index is 0.0786. The molecule has 3 N–H and O–H groups in total. The fourth-order valence-corrected chi connectivity index (χ4v) is 1.47. The van der Waals surface area contributed by atoms with Crippen molar-refractivity contribution in [3.8, 4) is 0 Å². The Morgan fingerprint density at radius 3 is 2.65 bits per heavy atom. The van der Waals surface area contributed by atoms with Crippen LogP contribution >= 0.6 is 0 Å². The molecule has 17 heavy (non-hydrogen) atoms. The van der Waals surface area contributed by atoms with Crippen LogP contribution in [0.2, 0.25) is 0 Å². The number of nitrogens with zero attached hydrogens (tertiary/aromatic N) is 1. The standard InChI is InChI=1S/C13H21N3O/c1-2-14-13(16-10-11-17)15-9-8-12-6-4-3-5-7-12/h3-7,17H,2,8-11H2,1H3,(H2,14,15,16). The average Bonchev–Trinajstić information content (AvgIpc) is 2.37. The van der Waals surface area contributed by atoms with E-state index in [9.17, 15) is 0 Å². The number of aliphatic imine (C=N–C) groups is 1. The lowest BCUT2D eigenvalue weighted by Gasteiger charge is -2.10. The predicted molar refractivity (Wildman–Crippen MR) is 71.2 cm³/mol. The Kier molecular flexibility index (Phi) is 6.82. The topological polar surface area (TPSA) is 56.7 Å². The van der Waals surface area contributed by atoms with E-state index in [-0.39, 0.29) is 6.61 Å². The fraction of sp³-hybridized carbons (Fsp3) is 0.462. The van der Waals surface area contributed by atoms with Gasteiger partial charge in [-0.05, 0) is 18.9 Å². The SMILES string of the molecule is CCNC(=NCCO)NCCc1ccccc1. The third-order valence-electron chi connectivity index (χ3n) is 2.26. The molecule has 0 aliphatic carbocycles. The van der Waals surface area contributed by atoms with E-state index in [1.807, 2.05) is 25.1 Å². The van der Waals surface area contributed by atoms with Crippen LogP contribution in [0, 0.1) is 0 Å². The van der Waals surface area contributed by atoms with Gasteiger partial charge in [-0.1, -0.05) is 30.3 Å². The normalized spacial score (nSPS) is 11.3. The zero-order valence-corrected chi connectivity index (χ0v) is 10.3. The van der Waals surface area contributed by atoms with Crippen LogP contribution in [0.5, 0.6) is 0 Å². The molecule has 0 unspecified atom stereocenters. The van der Waals surface area contributed by atoms with Crippen LogP contribution in [-0.2, 0) is 6.42 Å². The molecular formula is C13H21N3O. The summed E-state index contributed by atoms with van der Waals surface area (Å²) in [7, 11) is 0. The Labute approximate surface area is 103 Å². The molecule has 0 amide bonds. The third-order valence-corrected chi connectivity index (χ3v) is 2.26. The van der Waals surface area contributed by atoms with Gasteiger partial charge in [-0.2, -0.15) is 0 Å². The van der Waals surface area contributed by atoms with Crippen LogP contribution in [0.1, 0.15) is 12.5 Å². The van der Waals surface area contributed by atoms with Crippen LogP contribution in [-0.4, -0.2) is 37.3 Å². The Bertz CT molecular complexity index is 325. The van der Waals surface area contributed by atoms with Crippen LogP contribution in [0.3, 0.4) is 0 Å². The van der Waals surface area contributed by atoms with Crippen molar-refractivity contribution in [1.82, 2.24) is 10.6 Å². The number of aliphatic hydroxyl groups excluding tert-OH is 1. The summed E-state index contributed by atoms with van der Waals surface area (Å²) in [6.07, 6.45) is 0.963. The molecule has 0 aliphatic heterocycles. The first-order valence-corrected chi connectivity index (χ1v) is 6.03. The van der Waals surface area contributed by atoms with E-state index in [4.69, 9.17) is 5.11 Å². The zero-order valence-electron chi connectivity index (χ0n) is 10.3. The van der Waals surface area contributed by atoms with E-state index in [0.29, 0.717) is 6.54 Å². The summed E-state index contributed by atoms with van der Waals surface area (Å²) in [6.45, 7) is 4.19. The van der Waals surface area contributed by atoms with Crippen molar-refractivity contribution < 1.29 is 5.11 Å². The van der Waals surface area contributed by atoms with Gasteiger partial charge >= 0.3 is 0 Å². The van der Waals surface area contributed by atoms with Gasteiger partial charge in [0.25, 0.3) is 0 Å². The molecule has 0 atom stereocenters. The molecule has 0 saturated carbocycles. The molecular weight excluding hydrogens is 214 g/mol. The monoisotopic (exact) mass is 235 g/mol. The largest absolute Gasteiger partial charge is 0.394 e. The van der Waals surface area contributed by atoms with Gasteiger partial charge in [0.2, 0.25) is 0 Å². The van der Waals surface area contributed by atoms with Gasteiger partial charge in [-0.25, -0.2) is 0 Å². The van der Waals surface area contributed by atoms with Crippen molar-refractivity contribution in [2.24, 2.45) is 4.99 Å². The van der Waals surface area contributed by atoms with Gasteiger partial charge in [0.15, 0.2) is 5.96 Å². The summed E-state index contributed by atoms with van der Waals surface area (Å²) in [5.41, 5.74) is 1.30. The first-order chi connectivity index (χ1) is 8.36. The molecule has 1 aromatic rings. The number of rotatable bonds is 6. The van der Waals surface area contributed by atoms with Gasteiger partial charge in [0.1, 0.15) is 0 Å². The van der Waals surface area contributed by atoms with Crippen molar-refractivity contribution in [1.29, 1.82) is 0 Å². The maximum atomic E-state index is 8.72. The van der Waals surface area contributed by atoms with Crippen LogP contribution in [0.25, 0.3) is 0 Å². The van der Waals surface area contributed by atoms with E-state index in [1.165, 1.54) is 5.56 Å².